The van der Waals surface area contributed by atoms with Gasteiger partial charge in [0.25, 0.3) is 5.56 Å². The van der Waals surface area contributed by atoms with Crippen LogP contribution >= 0.6 is 0 Å². The Hall–Kier alpha value is -2.88. The number of hydrogen-bond acceptors (Lipinski definition) is 3. The van der Waals surface area contributed by atoms with E-state index in [1.807, 2.05) is 18.2 Å². The highest BCUT2D eigenvalue weighted by Gasteiger charge is 2.10. The van der Waals surface area contributed by atoms with Crippen molar-refractivity contribution in [1.29, 1.82) is 0 Å². The van der Waals surface area contributed by atoms with Gasteiger partial charge in [0.1, 0.15) is 0 Å². The summed E-state index contributed by atoms with van der Waals surface area (Å²) < 4.78 is 6.71. The average molecular weight is 263 g/mol. The summed E-state index contributed by atoms with van der Waals surface area (Å²) in [6, 6.07) is 15.9. The van der Waals surface area contributed by atoms with E-state index < -0.39 is 5.63 Å². The van der Waals surface area contributed by atoms with Crippen molar-refractivity contribution in [3.63, 3.8) is 0 Å². The molecule has 0 N–H and O–H groups in total. The second-order valence-electron chi connectivity index (χ2n) is 4.62. The molecule has 0 amide bonds. The highest BCUT2D eigenvalue weighted by molar-refractivity contribution is 5.87. The summed E-state index contributed by atoms with van der Waals surface area (Å²) in [5.74, 6) is 0. The number of para-hydroxylation sites is 1. The number of hydrogen-bond donors (Lipinski definition) is 0. The molecule has 0 radical (unpaired) electrons. The number of pyridine rings is 1. The van der Waals surface area contributed by atoms with Gasteiger partial charge in [-0.25, -0.2) is 9.20 Å². The molecule has 0 aliphatic heterocycles. The molecule has 4 aromatic rings. The van der Waals surface area contributed by atoms with Gasteiger partial charge in [0, 0.05) is 11.5 Å². The molecule has 4 heteroatoms. The Morgan fingerprint density at radius 1 is 0.850 bits per heavy atom. The summed E-state index contributed by atoms with van der Waals surface area (Å²) in [6.45, 7) is 0. The van der Waals surface area contributed by atoms with Crippen molar-refractivity contribution in [2.45, 2.75) is 0 Å². The van der Waals surface area contributed by atoms with E-state index in [0.717, 1.165) is 5.39 Å². The predicted molar refractivity (Wildman–Crippen MR) is 77.2 cm³/mol. The zero-order valence-corrected chi connectivity index (χ0v) is 10.4. The SMILES string of the molecule is O=c1oc2cc3ccccc3c(=O)n2c2ccccc12. The minimum Gasteiger partial charge on any atom is -0.405 e. The lowest BCUT2D eigenvalue weighted by Crippen LogP contribution is -2.17. The predicted octanol–water partition coefficient (Wildman–Crippen LogP) is 2.56. The third-order valence-corrected chi connectivity index (χ3v) is 3.46. The second kappa shape index (κ2) is 3.81. The van der Waals surface area contributed by atoms with Gasteiger partial charge < -0.3 is 4.42 Å². The molecule has 2 aromatic heterocycles. The van der Waals surface area contributed by atoms with Gasteiger partial charge >= 0.3 is 5.63 Å². The first kappa shape index (κ1) is 11.0. The van der Waals surface area contributed by atoms with Crippen LogP contribution in [0.1, 0.15) is 0 Å². The fourth-order valence-electron chi connectivity index (χ4n) is 2.53. The van der Waals surface area contributed by atoms with Crippen LogP contribution in [-0.2, 0) is 0 Å². The van der Waals surface area contributed by atoms with E-state index in [1.165, 1.54) is 4.40 Å². The monoisotopic (exact) mass is 263 g/mol. The largest absolute Gasteiger partial charge is 0.405 e. The highest BCUT2D eigenvalue weighted by atomic mass is 16.4. The summed E-state index contributed by atoms with van der Waals surface area (Å²) in [6.07, 6.45) is 0. The third kappa shape index (κ3) is 1.36. The first-order chi connectivity index (χ1) is 9.75. The molecular formula is C16H9NO3. The number of aromatic nitrogens is 1. The van der Waals surface area contributed by atoms with Crippen LogP contribution in [0.4, 0.5) is 0 Å². The van der Waals surface area contributed by atoms with Gasteiger partial charge in [0.15, 0.2) is 0 Å². The van der Waals surface area contributed by atoms with Gasteiger partial charge in [-0.05, 0) is 23.6 Å². The Morgan fingerprint density at radius 2 is 1.55 bits per heavy atom. The molecular weight excluding hydrogens is 254 g/mol. The zero-order chi connectivity index (χ0) is 13.7. The minimum absolute atomic E-state index is 0.182. The fourth-order valence-corrected chi connectivity index (χ4v) is 2.53. The van der Waals surface area contributed by atoms with Gasteiger partial charge in [-0.2, -0.15) is 0 Å². The van der Waals surface area contributed by atoms with E-state index in [9.17, 15) is 9.59 Å². The van der Waals surface area contributed by atoms with Crippen molar-refractivity contribution in [3.8, 4) is 0 Å². The molecule has 20 heavy (non-hydrogen) atoms. The molecule has 0 bridgehead atoms. The summed E-state index contributed by atoms with van der Waals surface area (Å²) in [5.41, 5.74) is 0.209. The van der Waals surface area contributed by atoms with Crippen molar-refractivity contribution in [2.75, 3.05) is 0 Å². The van der Waals surface area contributed by atoms with Crippen LogP contribution in [-0.4, -0.2) is 4.40 Å². The van der Waals surface area contributed by atoms with Crippen LogP contribution in [0.3, 0.4) is 0 Å². The van der Waals surface area contributed by atoms with Crippen LogP contribution < -0.4 is 11.2 Å². The van der Waals surface area contributed by atoms with Gasteiger partial charge in [0.05, 0.1) is 10.9 Å². The fraction of sp³-hybridized carbons (Fsp3) is 0. The van der Waals surface area contributed by atoms with Crippen LogP contribution in [0.15, 0.2) is 68.6 Å². The van der Waals surface area contributed by atoms with Crippen molar-refractivity contribution in [1.82, 2.24) is 4.40 Å². The quantitative estimate of drug-likeness (QED) is 0.362. The molecule has 0 aliphatic rings. The Morgan fingerprint density at radius 3 is 2.40 bits per heavy atom. The van der Waals surface area contributed by atoms with Crippen molar-refractivity contribution >= 4 is 27.4 Å². The standard InChI is InChI=1S/C16H9NO3/c18-15-11-6-2-1-5-10(11)9-14-17(15)13-8-4-3-7-12(13)16(19)20-14/h1-9H. The van der Waals surface area contributed by atoms with E-state index in [-0.39, 0.29) is 11.3 Å². The lowest BCUT2D eigenvalue weighted by molar-refractivity contribution is 0.545. The zero-order valence-electron chi connectivity index (χ0n) is 10.4. The third-order valence-electron chi connectivity index (χ3n) is 3.46. The smallest absolute Gasteiger partial charge is 0.346 e. The van der Waals surface area contributed by atoms with Crippen LogP contribution in [0.2, 0.25) is 0 Å². The van der Waals surface area contributed by atoms with Crippen molar-refractivity contribution in [3.05, 3.63) is 75.4 Å². The summed E-state index contributed by atoms with van der Waals surface area (Å²) in [5, 5.41) is 1.76. The van der Waals surface area contributed by atoms with Crippen molar-refractivity contribution in [2.24, 2.45) is 0 Å². The molecule has 2 heterocycles. The molecule has 4 nitrogen and oxygen atoms in total. The van der Waals surface area contributed by atoms with Gasteiger partial charge in [-0.15, -0.1) is 0 Å². The lowest BCUT2D eigenvalue weighted by Gasteiger charge is -2.06. The van der Waals surface area contributed by atoms with Crippen LogP contribution in [0, 0.1) is 0 Å². The second-order valence-corrected chi connectivity index (χ2v) is 4.62. The van der Waals surface area contributed by atoms with E-state index in [1.54, 1.807) is 36.4 Å². The van der Waals surface area contributed by atoms with Crippen LogP contribution in [0.5, 0.6) is 0 Å². The Labute approximate surface area is 112 Å². The molecule has 0 atom stereocenters. The Balaban J connectivity index is 2.42. The normalized spacial score (nSPS) is 11.4. The van der Waals surface area contributed by atoms with E-state index in [0.29, 0.717) is 16.3 Å². The highest BCUT2D eigenvalue weighted by Crippen LogP contribution is 2.16. The lowest BCUT2D eigenvalue weighted by atomic mass is 10.1. The number of rotatable bonds is 0. The first-order valence-electron chi connectivity index (χ1n) is 6.22. The van der Waals surface area contributed by atoms with Gasteiger partial charge in [0.2, 0.25) is 5.71 Å². The molecule has 0 saturated heterocycles. The molecule has 4 rings (SSSR count). The summed E-state index contributed by atoms with van der Waals surface area (Å²) in [4.78, 5) is 24.6. The summed E-state index contributed by atoms with van der Waals surface area (Å²) in [7, 11) is 0. The number of nitrogens with zero attached hydrogens (tertiary/aromatic N) is 1. The van der Waals surface area contributed by atoms with E-state index >= 15 is 0 Å². The Bertz CT molecular complexity index is 1090. The minimum atomic E-state index is -0.435. The number of benzene rings is 2. The molecule has 0 fully saturated rings. The maximum atomic E-state index is 12.6. The molecule has 0 spiro atoms. The topological polar surface area (TPSA) is 51.7 Å². The van der Waals surface area contributed by atoms with E-state index in [4.69, 9.17) is 4.42 Å². The Kier molecular flexibility index (Phi) is 2.09. The molecule has 0 unspecified atom stereocenters. The molecule has 2 aromatic carbocycles. The summed E-state index contributed by atoms with van der Waals surface area (Å²) >= 11 is 0. The maximum Gasteiger partial charge on any atom is 0.346 e. The average Bonchev–Trinajstić information content (AvgIpc) is 2.47. The van der Waals surface area contributed by atoms with Gasteiger partial charge in [-0.1, -0.05) is 30.3 Å². The van der Waals surface area contributed by atoms with Crippen LogP contribution in [0.25, 0.3) is 27.4 Å². The first-order valence-corrected chi connectivity index (χ1v) is 6.22. The van der Waals surface area contributed by atoms with Gasteiger partial charge in [-0.3, -0.25) is 4.79 Å². The van der Waals surface area contributed by atoms with E-state index in [2.05, 4.69) is 0 Å². The molecule has 96 valence electrons. The van der Waals surface area contributed by atoms with Crippen molar-refractivity contribution < 1.29 is 4.42 Å². The maximum absolute atomic E-state index is 12.6. The number of fused-ring (bicyclic) bond motifs is 4. The molecule has 0 aliphatic carbocycles. The molecule has 0 saturated carbocycles.